The largest absolute Gasteiger partial charge is 0.507 e. The summed E-state index contributed by atoms with van der Waals surface area (Å²) in [5, 5.41) is 9.34. The summed E-state index contributed by atoms with van der Waals surface area (Å²) >= 11 is 0. The van der Waals surface area contributed by atoms with Crippen molar-refractivity contribution in [2.45, 2.75) is 44.4 Å². The fourth-order valence-electron chi connectivity index (χ4n) is 7.73. The molecule has 13 nitrogen and oxygen atoms in total. The number of rotatable bonds is 3. The second kappa shape index (κ2) is 19.2. The summed E-state index contributed by atoms with van der Waals surface area (Å²) in [4.78, 5) is 92.9. The van der Waals surface area contributed by atoms with Crippen molar-refractivity contribution in [1.82, 2.24) is 14.9 Å². The third-order valence-corrected chi connectivity index (χ3v) is 10.7. The van der Waals surface area contributed by atoms with Crippen LogP contribution in [0.5, 0.6) is 0 Å². The quantitative estimate of drug-likeness (QED) is 0.169. The van der Waals surface area contributed by atoms with E-state index in [9.17, 15) is 38.7 Å². The van der Waals surface area contributed by atoms with Gasteiger partial charge in [-0.3, -0.25) is 43.5 Å². The van der Waals surface area contributed by atoms with Gasteiger partial charge in [-0.05, 0) is 43.5 Å². The number of aldehydes is 1. The van der Waals surface area contributed by atoms with Crippen molar-refractivity contribution in [3.63, 3.8) is 0 Å². The first-order valence-electron chi connectivity index (χ1n) is 19.9. The molecule has 0 bridgehead atoms. The second-order valence-electron chi connectivity index (χ2n) is 14.5. The Kier molecular flexibility index (Phi) is 13.2. The number of fused-ring (bicyclic) bond motifs is 2. The molecule has 0 radical (unpaired) electrons. The van der Waals surface area contributed by atoms with Crippen molar-refractivity contribution < 1.29 is 48.1 Å². The molecule has 6 aliphatic rings. The van der Waals surface area contributed by atoms with Gasteiger partial charge < -0.3 is 19.5 Å². The number of hydrogen-bond donors (Lipinski definition) is 1. The molecule has 308 valence electrons. The molecule has 0 amide bonds. The molecular formula is C48H41N3O10. The summed E-state index contributed by atoms with van der Waals surface area (Å²) in [6, 6.07) is 23.8. The molecule has 2 aromatic heterocycles. The van der Waals surface area contributed by atoms with Crippen LogP contribution < -0.4 is 0 Å². The number of aromatic nitrogens is 2. The molecule has 1 fully saturated rings. The molecular weight excluding hydrogens is 779 g/mol. The number of pyridine rings is 2. The number of aliphatic hydroxyl groups excluding tert-OH is 1. The van der Waals surface area contributed by atoms with Gasteiger partial charge in [0.2, 0.25) is 17.3 Å². The lowest BCUT2D eigenvalue weighted by Gasteiger charge is -2.35. The molecule has 10 rings (SSSR count). The number of ketones is 6. The number of allylic oxidation sites excluding steroid dienone is 7. The first kappa shape index (κ1) is 41.9. The van der Waals surface area contributed by atoms with Gasteiger partial charge in [-0.25, -0.2) is 0 Å². The lowest BCUT2D eigenvalue weighted by atomic mass is 9.73. The molecule has 2 aromatic carbocycles. The second-order valence-corrected chi connectivity index (χ2v) is 14.5. The minimum Gasteiger partial charge on any atom is -0.507 e. The average Bonchev–Trinajstić information content (AvgIpc) is 3.31. The van der Waals surface area contributed by atoms with Crippen LogP contribution in [0.25, 0.3) is 5.76 Å². The zero-order valence-corrected chi connectivity index (χ0v) is 33.1. The van der Waals surface area contributed by atoms with Crippen LogP contribution in [0.3, 0.4) is 0 Å². The van der Waals surface area contributed by atoms with E-state index in [-0.39, 0.29) is 45.8 Å². The van der Waals surface area contributed by atoms with Crippen molar-refractivity contribution in [2.75, 3.05) is 26.3 Å². The third-order valence-electron chi connectivity index (χ3n) is 10.7. The van der Waals surface area contributed by atoms with Gasteiger partial charge in [0.25, 0.3) is 0 Å². The summed E-state index contributed by atoms with van der Waals surface area (Å²) in [6.45, 7) is 3.48. The molecule has 4 heterocycles. The van der Waals surface area contributed by atoms with E-state index in [1.807, 2.05) is 12.1 Å². The molecule has 0 saturated carbocycles. The highest BCUT2D eigenvalue weighted by Crippen LogP contribution is 2.47. The number of carbonyl (C=O) groups excluding carboxylic acids is 7. The Hall–Kier alpha value is -7.25. The number of carbonyl (C=O) groups is 7. The number of benzene rings is 2. The Bertz CT molecular complexity index is 2530. The summed E-state index contributed by atoms with van der Waals surface area (Å²) in [5.41, 5.74) is 4.36. The van der Waals surface area contributed by atoms with E-state index >= 15 is 0 Å². The van der Waals surface area contributed by atoms with Gasteiger partial charge in [0.05, 0.1) is 30.4 Å². The van der Waals surface area contributed by atoms with Gasteiger partial charge in [-0.2, -0.15) is 0 Å². The molecule has 4 aromatic rings. The van der Waals surface area contributed by atoms with E-state index in [4.69, 9.17) is 9.47 Å². The number of morpholine rings is 1. The van der Waals surface area contributed by atoms with Gasteiger partial charge in [-0.1, -0.05) is 60.7 Å². The van der Waals surface area contributed by atoms with Crippen LogP contribution >= 0.6 is 0 Å². The van der Waals surface area contributed by atoms with Gasteiger partial charge in [0, 0.05) is 90.4 Å². The maximum atomic E-state index is 13.3. The lowest BCUT2D eigenvalue weighted by molar-refractivity contribution is -0.117. The minimum atomic E-state index is -0.670. The van der Waals surface area contributed by atoms with Crippen LogP contribution in [-0.2, 0) is 23.9 Å². The maximum absolute atomic E-state index is 13.3. The number of nitrogens with zero attached hydrogens (tertiary/aromatic N) is 3. The van der Waals surface area contributed by atoms with Crippen molar-refractivity contribution >= 4 is 46.7 Å². The first-order valence-corrected chi connectivity index (χ1v) is 19.9. The highest BCUT2D eigenvalue weighted by molar-refractivity contribution is 6.50. The van der Waals surface area contributed by atoms with Crippen LogP contribution in [0.1, 0.15) is 97.3 Å². The van der Waals surface area contributed by atoms with Crippen molar-refractivity contribution in [3.8, 4) is 0 Å². The highest BCUT2D eigenvalue weighted by atomic mass is 16.5. The van der Waals surface area contributed by atoms with Gasteiger partial charge in [0.1, 0.15) is 17.2 Å². The SMILES string of the molecule is O=C1C=C(N2CCOCC2)CCC1.O=C1C=C(O)c2ccccc2C1=O.O=C1CCCC2=C1C(c1ccccn1)C1=C(O2)C(=O)c2ccccc2C1=O.O=Cc1ccccn1. The van der Waals surface area contributed by atoms with Crippen LogP contribution in [0.4, 0.5) is 0 Å². The van der Waals surface area contributed by atoms with E-state index in [1.54, 1.807) is 85.2 Å². The van der Waals surface area contributed by atoms with Crippen LogP contribution in [0, 0.1) is 0 Å². The number of Topliss-reactive ketones (excluding diaryl/α,β-unsaturated/α-hetero) is 4. The number of ether oxygens (including phenoxy) is 2. The number of hydrogen-bond acceptors (Lipinski definition) is 13. The topological polar surface area (TPSA) is 187 Å². The lowest BCUT2D eigenvalue weighted by Crippen LogP contribution is -2.36. The molecule has 13 heteroatoms. The van der Waals surface area contributed by atoms with Crippen molar-refractivity contribution in [3.05, 3.63) is 171 Å². The van der Waals surface area contributed by atoms with E-state index < -0.39 is 17.5 Å². The smallest absolute Gasteiger partial charge is 0.233 e. The Morgan fingerprint density at radius 1 is 0.639 bits per heavy atom. The number of aliphatic hydroxyl groups is 1. The normalized spacial score (nSPS) is 19.1. The monoisotopic (exact) mass is 819 g/mol. The Balaban J connectivity index is 0.000000138. The standard InChI is InChI=1S/C22H15NO4.C10H15NO2.C10H6O3.C6H5NO/c24-15-9-5-10-16-18(15)17(14-8-3-4-11-23-14)19-20(25)12-6-1-2-7-13(12)21(26)22(19)27-16;12-10-3-1-2-9(8-10)11-4-6-13-7-5-11;11-8-5-9(12)10(13)7-4-2-1-3-6(7)8;8-5-6-3-1-2-4-7-6/h1-4,6-8,11,17H,5,9-10H2;8H,1-7H2;1-5,11H;1-5H. The molecule has 4 aliphatic carbocycles. The predicted molar refractivity (Wildman–Crippen MR) is 221 cm³/mol. The van der Waals surface area contributed by atoms with Crippen molar-refractivity contribution in [2.24, 2.45) is 0 Å². The van der Waals surface area contributed by atoms with Crippen LogP contribution in [0.15, 0.2) is 138 Å². The van der Waals surface area contributed by atoms with Gasteiger partial charge in [0.15, 0.2) is 29.4 Å². The summed E-state index contributed by atoms with van der Waals surface area (Å²) < 4.78 is 11.2. The zero-order chi connectivity index (χ0) is 42.9. The van der Waals surface area contributed by atoms with Crippen molar-refractivity contribution in [1.29, 1.82) is 0 Å². The van der Waals surface area contributed by atoms with Gasteiger partial charge in [-0.15, -0.1) is 0 Å². The Labute approximate surface area is 351 Å². The zero-order valence-electron chi connectivity index (χ0n) is 33.1. The van der Waals surface area contributed by atoms with Gasteiger partial charge >= 0.3 is 0 Å². The third kappa shape index (κ3) is 9.32. The van der Waals surface area contributed by atoms with Crippen LogP contribution in [-0.4, -0.2) is 87.3 Å². The predicted octanol–water partition coefficient (Wildman–Crippen LogP) is 6.74. The van der Waals surface area contributed by atoms with E-state index in [2.05, 4.69) is 14.9 Å². The summed E-state index contributed by atoms with van der Waals surface area (Å²) in [6.07, 6.45) is 11.2. The molecule has 2 aliphatic heterocycles. The van der Waals surface area contributed by atoms with E-state index in [0.717, 1.165) is 57.9 Å². The first-order chi connectivity index (χ1) is 29.7. The molecule has 1 N–H and O–H groups in total. The molecule has 0 spiro atoms. The molecule has 1 unspecified atom stereocenters. The Morgan fingerprint density at radius 3 is 1.89 bits per heavy atom. The highest BCUT2D eigenvalue weighted by Gasteiger charge is 2.46. The molecule has 61 heavy (non-hydrogen) atoms. The fourth-order valence-corrected chi connectivity index (χ4v) is 7.73. The van der Waals surface area contributed by atoms with E-state index in [0.29, 0.717) is 58.7 Å². The summed E-state index contributed by atoms with van der Waals surface area (Å²) in [5.74, 6) is -1.84. The maximum Gasteiger partial charge on any atom is 0.233 e. The molecule has 1 saturated heterocycles. The fraction of sp³-hybridized carbons (Fsp3) is 0.229. The minimum absolute atomic E-state index is 0.0439. The Morgan fingerprint density at radius 2 is 1.26 bits per heavy atom. The molecule has 1 atom stereocenters. The van der Waals surface area contributed by atoms with E-state index in [1.165, 1.54) is 11.8 Å². The summed E-state index contributed by atoms with van der Waals surface area (Å²) in [7, 11) is 0. The van der Waals surface area contributed by atoms with Crippen LogP contribution in [0.2, 0.25) is 0 Å². The average molecular weight is 820 g/mol.